The molecule has 0 amide bonds. The van der Waals surface area contributed by atoms with Crippen LogP contribution < -0.4 is 4.74 Å². The van der Waals surface area contributed by atoms with Gasteiger partial charge < -0.3 is 9.47 Å². The highest BCUT2D eigenvalue weighted by Crippen LogP contribution is 2.27. The Hall–Kier alpha value is -2.78. The van der Waals surface area contributed by atoms with E-state index in [4.69, 9.17) is 21.1 Å². The molecule has 0 aliphatic heterocycles. The van der Waals surface area contributed by atoms with E-state index >= 15 is 0 Å². The maximum atomic E-state index is 12.2. The highest BCUT2D eigenvalue weighted by atomic mass is 35.5. The van der Waals surface area contributed by atoms with Crippen LogP contribution in [-0.2, 0) is 18.0 Å². The van der Waals surface area contributed by atoms with Crippen LogP contribution in [0.3, 0.4) is 0 Å². The van der Waals surface area contributed by atoms with Crippen LogP contribution in [0.5, 0.6) is 5.75 Å². The Morgan fingerprint density at radius 3 is 2.04 bits per heavy atom. The molecule has 0 aliphatic carbocycles. The monoisotopic (exact) mass is 352 g/mol. The van der Waals surface area contributed by atoms with E-state index in [9.17, 15) is 4.79 Å². The molecule has 126 valence electrons. The molecule has 0 unspecified atom stereocenters. The van der Waals surface area contributed by atoms with Crippen molar-refractivity contribution in [3.05, 3.63) is 101 Å². The highest BCUT2D eigenvalue weighted by Gasteiger charge is 2.11. The van der Waals surface area contributed by atoms with E-state index < -0.39 is 5.97 Å². The average Bonchev–Trinajstić information content (AvgIpc) is 2.67. The van der Waals surface area contributed by atoms with E-state index in [1.54, 1.807) is 18.2 Å². The second-order valence-corrected chi connectivity index (χ2v) is 5.89. The summed E-state index contributed by atoms with van der Waals surface area (Å²) in [5, 5.41) is 0.454. The van der Waals surface area contributed by atoms with Crippen molar-refractivity contribution >= 4 is 17.6 Å². The van der Waals surface area contributed by atoms with E-state index in [2.05, 4.69) is 0 Å². The Morgan fingerprint density at radius 2 is 1.40 bits per heavy atom. The average molecular weight is 353 g/mol. The number of ether oxygens (including phenoxy) is 2. The molecule has 0 atom stereocenters. The summed E-state index contributed by atoms with van der Waals surface area (Å²) in [6.07, 6.45) is 0. The summed E-state index contributed by atoms with van der Waals surface area (Å²) in [7, 11) is 0. The van der Waals surface area contributed by atoms with Crippen molar-refractivity contribution in [2.75, 3.05) is 0 Å². The summed E-state index contributed by atoms with van der Waals surface area (Å²) in [4.78, 5) is 12.2. The number of hydrogen-bond donors (Lipinski definition) is 0. The maximum absolute atomic E-state index is 12.2. The zero-order valence-corrected chi connectivity index (χ0v) is 14.3. The largest absolute Gasteiger partial charge is 0.487 e. The molecule has 0 aliphatic rings. The van der Waals surface area contributed by atoms with Gasteiger partial charge in [-0.1, -0.05) is 72.3 Å². The second kappa shape index (κ2) is 8.36. The Bertz CT molecular complexity index is 832. The standard InChI is InChI=1S/C21H17ClO3/c22-19-12-11-18(21(23)25-15-17-9-5-2-6-10-17)13-20(19)24-14-16-7-3-1-4-8-16/h1-13H,14-15H2. The second-order valence-electron chi connectivity index (χ2n) is 5.48. The summed E-state index contributed by atoms with van der Waals surface area (Å²) in [5.41, 5.74) is 2.37. The molecule has 3 aromatic carbocycles. The van der Waals surface area contributed by atoms with Gasteiger partial charge in [0.25, 0.3) is 0 Å². The molecular formula is C21H17ClO3. The van der Waals surface area contributed by atoms with Gasteiger partial charge in [0.05, 0.1) is 10.6 Å². The van der Waals surface area contributed by atoms with Crippen molar-refractivity contribution in [3.63, 3.8) is 0 Å². The van der Waals surface area contributed by atoms with Gasteiger partial charge in [-0.2, -0.15) is 0 Å². The topological polar surface area (TPSA) is 35.5 Å². The molecule has 3 nitrogen and oxygen atoms in total. The third-order valence-electron chi connectivity index (χ3n) is 3.62. The molecule has 3 aromatic rings. The Labute approximate surface area is 151 Å². The lowest BCUT2D eigenvalue weighted by molar-refractivity contribution is 0.0472. The number of carbonyl (C=O) groups excluding carboxylic acids is 1. The van der Waals surface area contributed by atoms with Gasteiger partial charge in [0, 0.05) is 0 Å². The van der Waals surface area contributed by atoms with Crippen LogP contribution in [0.15, 0.2) is 78.9 Å². The SMILES string of the molecule is O=C(OCc1ccccc1)c1ccc(Cl)c(OCc2ccccc2)c1. The van der Waals surface area contributed by atoms with Crippen LogP contribution >= 0.6 is 11.6 Å². The number of hydrogen-bond acceptors (Lipinski definition) is 3. The van der Waals surface area contributed by atoms with Crippen LogP contribution in [0.4, 0.5) is 0 Å². The Kier molecular flexibility index (Phi) is 5.70. The molecule has 0 saturated heterocycles. The molecule has 0 saturated carbocycles. The number of benzene rings is 3. The normalized spacial score (nSPS) is 10.3. The van der Waals surface area contributed by atoms with Gasteiger partial charge in [-0.15, -0.1) is 0 Å². The van der Waals surface area contributed by atoms with Gasteiger partial charge in [0.1, 0.15) is 19.0 Å². The van der Waals surface area contributed by atoms with Gasteiger partial charge in [-0.25, -0.2) is 4.79 Å². The molecule has 0 heterocycles. The Balaban J connectivity index is 1.64. The van der Waals surface area contributed by atoms with Gasteiger partial charge >= 0.3 is 5.97 Å². The van der Waals surface area contributed by atoms with Crippen LogP contribution in [-0.4, -0.2) is 5.97 Å². The first-order valence-corrected chi connectivity index (χ1v) is 8.27. The van der Waals surface area contributed by atoms with E-state index in [0.29, 0.717) is 22.9 Å². The minimum atomic E-state index is -0.412. The molecule has 0 spiro atoms. The molecule has 0 bridgehead atoms. The highest BCUT2D eigenvalue weighted by molar-refractivity contribution is 6.32. The molecular weight excluding hydrogens is 336 g/mol. The fraction of sp³-hybridized carbons (Fsp3) is 0.0952. The van der Waals surface area contributed by atoms with E-state index in [1.165, 1.54) is 0 Å². The predicted molar refractivity (Wildman–Crippen MR) is 97.8 cm³/mol. The number of carbonyl (C=O) groups is 1. The molecule has 0 N–H and O–H groups in total. The summed E-state index contributed by atoms with van der Waals surface area (Å²) in [6.45, 7) is 0.603. The summed E-state index contributed by atoms with van der Waals surface area (Å²) < 4.78 is 11.1. The van der Waals surface area contributed by atoms with Crippen LogP contribution in [0.2, 0.25) is 5.02 Å². The van der Waals surface area contributed by atoms with Crippen LogP contribution in [0, 0.1) is 0 Å². The quantitative estimate of drug-likeness (QED) is 0.566. The van der Waals surface area contributed by atoms with E-state index in [0.717, 1.165) is 11.1 Å². The van der Waals surface area contributed by atoms with E-state index in [1.807, 2.05) is 60.7 Å². The van der Waals surface area contributed by atoms with Gasteiger partial charge in [0.15, 0.2) is 0 Å². The maximum Gasteiger partial charge on any atom is 0.338 e. The van der Waals surface area contributed by atoms with Crippen molar-refractivity contribution in [1.29, 1.82) is 0 Å². The molecule has 4 heteroatoms. The van der Waals surface area contributed by atoms with Crippen LogP contribution in [0.25, 0.3) is 0 Å². The first-order valence-electron chi connectivity index (χ1n) is 7.90. The lowest BCUT2D eigenvalue weighted by atomic mass is 10.2. The van der Waals surface area contributed by atoms with Crippen LogP contribution in [0.1, 0.15) is 21.5 Å². The third kappa shape index (κ3) is 4.85. The smallest absolute Gasteiger partial charge is 0.338 e. The number of rotatable bonds is 6. The summed E-state index contributed by atoms with van der Waals surface area (Å²) in [6, 6.07) is 24.2. The number of esters is 1. The van der Waals surface area contributed by atoms with Gasteiger partial charge in [0.2, 0.25) is 0 Å². The minimum absolute atomic E-state index is 0.225. The zero-order chi connectivity index (χ0) is 17.5. The molecule has 0 radical (unpaired) electrons. The predicted octanol–water partition coefficient (Wildman–Crippen LogP) is 5.28. The van der Waals surface area contributed by atoms with Crippen molar-refractivity contribution in [2.24, 2.45) is 0 Å². The van der Waals surface area contributed by atoms with Crippen molar-refractivity contribution < 1.29 is 14.3 Å². The number of halogens is 1. The summed E-state index contributed by atoms with van der Waals surface area (Å²) >= 11 is 6.16. The lowest BCUT2D eigenvalue weighted by Crippen LogP contribution is -2.06. The van der Waals surface area contributed by atoms with Gasteiger partial charge in [-0.05, 0) is 29.3 Å². The molecule has 0 fully saturated rings. The van der Waals surface area contributed by atoms with E-state index in [-0.39, 0.29) is 6.61 Å². The zero-order valence-electron chi connectivity index (χ0n) is 13.5. The molecule has 25 heavy (non-hydrogen) atoms. The third-order valence-corrected chi connectivity index (χ3v) is 3.93. The first-order chi connectivity index (χ1) is 12.2. The Morgan fingerprint density at radius 1 is 0.800 bits per heavy atom. The first kappa shape index (κ1) is 17.1. The molecule has 3 rings (SSSR count). The summed E-state index contributed by atoms with van der Waals surface area (Å²) in [5.74, 6) is 0.0461. The molecule has 0 aromatic heterocycles. The lowest BCUT2D eigenvalue weighted by Gasteiger charge is -2.10. The van der Waals surface area contributed by atoms with Crippen molar-refractivity contribution in [2.45, 2.75) is 13.2 Å². The fourth-order valence-corrected chi connectivity index (χ4v) is 2.45. The minimum Gasteiger partial charge on any atom is -0.487 e. The van der Waals surface area contributed by atoms with Crippen molar-refractivity contribution in [3.8, 4) is 5.75 Å². The van der Waals surface area contributed by atoms with Gasteiger partial charge in [-0.3, -0.25) is 0 Å². The fourth-order valence-electron chi connectivity index (χ4n) is 2.28. The van der Waals surface area contributed by atoms with Crippen molar-refractivity contribution in [1.82, 2.24) is 0 Å².